The fraction of sp³-hybridized carbons (Fsp3) is 0.222. The highest BCUT2D eigenvalue weighted by molar-refractivity contribution is 9.10. The highest BCUT2D eigenvalue weighted by atomic mass is 79.9. The Hall–Kier alpha value is -2.55. The summed E-state index contributed by atoms with van der Waals surface area (Å²) < 4.78 is 44.1. The number of carbonyl (C=O) groups excluding carboxylic acids is 1. The van der Waals surface area contributed by atoms with Crippen LogP contribution in [0.25, 0.3) is 0 Å². The summed E-state index contributed by atoms with van der Waals surface area (Å²) in [6.45, 7) is -0.0568. The molecule has 0 aliphatic carbocycles. The van der Waals surface area contributed by atoms with Crippen LogP contribution in [0.15, 0.2) is 53.0 Å². The lowest BCUT2D eigenvalue weighted by molar-refractivity contribution is -0.138. The fourth-order valence-corrected chi connectivity index (χ4v) is 2.82. The predicted octanol–water partition coefficient (Wildman–Crippen LogP) is 4.91. The molecule has 0 aromatic heterocycles. The van der Waals surface area contributed by atoms with Gasteiger partial charge in [0.15, 0.2) is 0 Å². The number of carboxylic acids is 1. The van der Waals surface area contributed by atoms with Crippen molar-refractivity contribution in [1.82, 2.24) is 5.32 Å². The third kappa shape index (κ3) is 6.59. The number of rotatable bonds is 6. The molecular formula is C18H15BrF3NO4. The van der Waals surface area contributed by atoms with Crippen LogP contribution in [0, 0.1) is 0 Å². The van der Waals surface area contributed by atoms with Crippen molar-refractivity contribution < 1.29 is 32.6 Å². The maximum Gasteiger partial charge on any atom is 0.416 e. The largest absolute Gasteiger partial charge is 0.481 e. The lowest BCUT2D eigenvalue weighted by Gasteiger charge is -2.19. The topological polar surface area (TPSA) is 75.6 Å². The van der Waals surface area contributed by atoms with E-state index in [4.69, 9.17) is 9.84 Å². The second kappa shape index (κ2) is 8.90. The van der Waals surface area contributed by atoms with Crippen LogP contribution in [0.1, 0.15) is 29.2 Å². The van der Waals surface area contributed by atoms with Gasteiger partial charge in [-0.15, -0.1) is 0 Å². The van der Waals surface area contributed by atoms with Crippen LogP contribution in [0.2, 0.25) is 0 Å². The number of amides is 1. The summed E-state index contributed by atoms with van der Waals surface area (Å²) in [6.07, 6.45) is -6.15. The summed E-state index contributed by atoms with van der Waals surface area (Å²) in [4.78, 5) is 23.1. The standard InChI is InChI=1S/C18H15BrF3NO4/c19-14-7-12(6-13(8-14)18(20,21)22)15(9-16(24)25)23-17(26)27-10-11-4-2-1-3-5-11/h1-8,15H,9-10H2,(H,23,26)(H,24,25)/t15-/m1/s1. The summed E-state index contributed by atoms with van der Waals surface area (Å²) in [5, 5.41) is 11.3. The number of benzene rings is 2. The zero-order valence-electron chi connectivity index (χ0n) is 13.8. The van der Waals surface area contributed by atoms with Crippen LogP contribution in [-0.2, 0) is 22.3 Å². The normalized spacial score (nSPS) is 12.3. The van der Waals surface area contributed by atoms with E-state index in [0.717, 1.165) is 12.1 Å². The fourth-order valence-electron chi connectivity index (χ4n) is 2.31. The van der Waals surface area contributed by atoms with Gasteiger partial charge in [-0.05, 0) is 29.3 Å². The molecule has 2 rings (SSSR count). The summed E-state index contributed by atoms with van der Waals surface area (Å²) >= 11 is 2.98. The average Bonchev–Trinajstić information content (AvgIpc) is 2.58. The molecule has 0 aliphatic heterocycles. The molecule has 2 N–H and O–H groups in total. The van der Waals surface area contributed by atoms with Crippen molar-refractivity contribution in [3.05, 3.63) is 69.7 Å². The summed E-state index contributed by atoms with van der Waals surface area (Å²) in [5.41, 5.74) is -0.248. The molecule has 0 unspecified atom stereocenters. The van der Waals surface area contributed by atoms with Crippen molar-refractivity contribution in [2.75, 3.05) is 0 Å². The van der Waals surface area contributed by atoms with E-state index in [1.165, 1.54) is 6.07 Å². The molecule has 0 radical (unpaired) electrons. The molecule has 144 valence electrons. The van der Waals surface area contributed by atoms with Crippen LogP contribution in [0.5, 0.6) is 0 Å². The highest BCUT2D eigenvalue weighted by Gasteiger charge is 2.32. The quantitative estimate of drug-likeness (QED) is 0.662. The van der Waals surface area contributed by atoms with E-state index in [1.54, 1.807) is 30.3 Å². The predicted molar refractivity (Wildman–Crippen MR) is 93.9 cm³/mol. The third-order valence-electron chi connectivity index (χ3n) is 3.53. The molecule has 0 spiro atoms. The Morgan fingerprint density at radius 1 is 1.15 bits per heavy atom. The van der Waals surface area contributed by atoms with Crippen molar-refractivity contribution in [3.63, 3.8) is 0 Å². The Morgan fingerprint density at radius 3 is 2.41 bits per heavy atom. The first kappa shape index (κ1) is 20.8. The van der Waals surface area contributed by atoms with Gasteiger partial charge in [0, 0.05) is 4.47 Å². The van der Waals surface area contributed by atoms with Crippen LogP contribution in [0.4, 0.5) is 18.0 Å². The second-order valence-corrected chi connectivity index (χ2v) is 6.54. The number of halogens is 4. The number of carboxylic acid groups (broad SMARTS) is 1. The van der Waals surface area contributed by atoms with Gasteiger partial charge in [0.2, 0.25) is 0 Å². The monoisotopic (exact) mass is 445 g/mol. The molecule has 0 saturated heterocycles. The molecule has 27 heavy (non-hydrogen) atoms. The van der Waals surface area contributed by atoms with Crippen molar-refractivity contribution in [3.8, 4) is 0 Å². The molecular weight excluding hydrogens is 431 g/mol. The molecule has 2 aromatic carbocycles. The van der Waals surface area contributed by atoms with E-state index in [0.29, 0.717) is 5.56 Å². The number of nitrogens with one attached hydrogen (secondary N) is 1. The van der Waals surface area contributed by atoms with E-state index in [9.17, 15) is 22.8 Å². The van der Waals surface area contributed by atoms with Crippen LogP contribution in [-0.4, -0.2) is 17.2 Å². The summed E-state index contributed by atoms with van der Waals surface area (Å²) in [6, 6.07) is 10.6. The molecule has 2 aromatic rings. The highest BCUT2D eigenvalue weighted by Crippen LogP contribution is 2.34. The van der Waals surface area contributed by atoms with Gasteiger partial charge in [0.05, 0.1) is 18.0 Å². The molecule has 1 amide bonds. The summed E-state index contributed by atoms with van der Waals surface area (Å²) in [7, 11) is 0. The Morgan fingerprint density at radius 2 is 1.81 bits per heavy atom. The first-order valence-electron chi connectivity index (χ1n) is 7.72. The van der Waals surface area contributed by atoms with E-state index in [-0.39, 0.29) is 16.6 Å². The third-order valence-corrected chi connectivity index (χ3v) is 3.99. The molecule has 9 heteroatoms. The number of ether oxygens (including phenoxy) is 1. The van der Waals surface area contributed by atoms with Crippen molar-refractivity contribution in [2.45, 2.75) is 25.2 Å². The van der Waals surface area contributed by atoms with E-state index < -0.39 is 36.3 Å². The smallest absolute Gasteiger partial charge is 0.416 e. The number of aliphatic carboxylic acids is 1. The van der Waals surface area contributed by atoms with Gasteiger partial charge in [0.1, 0.15) is 6.61 Å². The van der Waals surface area contributed by atoms with Crippen LogP contribution < -0.4 is 5.32 Å². The second-order valence-electron chi connectivity index (χ2n) is 5.63. The van der Waals surface area contributed by atoms with Gasteiger partial charge in [0.25, 0.3) is 0 Å². The number of hydrogen-bond donors (Lipinski definition) is 2. The molecule has 0 heterocycles. The van der Waals surface area contributed by atoms with Gasteiger partial charge in [-0.2, -0.15) is 13.2 Å². The minimum Gasteiger partial charge on any atom is -0.481 e. The van der Waals surface area contributed by atoms with Gasteiger partial charge >= 0.3 is 18.2 Å². The first-order valence-corrected chi connectivity index (χ1v) is 8.51. The summed E-state index contributed by atoms with van der Waals surface area (Å²) in [5.74, 6) is -1.28. The zero-order valence-corrected chi connectivity index (χ0v) is 15.4. The molecule has 0 saturated carbocycles. The van der Waals surface area contributed by atoms with Crippen LogP contribution in [0.3, 0.4) is 0 Å². The molecule has 5 nitrogen and oxygen atoms in total. The Labute approximate surface area is 161 Å². The van der Waals surface area contributed by atoms with Gasteiger partial charge < -0.3 is 15.2 Å². The maximum atomic E-state index is 13.0. The number of alkyl carbamates (subject to hydrolysis) is 1. The number of hydrogen-bond acceptors (Lipinski definition) is 3. The minimum absolute atomic E-state index is 0.00392. The van der Waals surface area contributed by atoms with Crippen molar-refractivity contribution >= 4 is 28.0 Å². The number of alkyl halides is 3. The minimum atomic E-state index is -4.61. The Balaban J connectivity index is 2.16. The van der Waals surface area contributed by atoms with Gasteiger partial charge in [-0.25, -0.2) is 4.79 Å². The molecule has 0 bridgehead atoms. The van der Waals surface area contributed by atoms with E-state index in [1.807, 2.05) is 0 Å². The SMILES string of the molecule is O=C(O)C[C@@H](NC(=O)OCc1ccccc1)c1cc(Br)cc(C(F)(F)F)c1. The first-order chi connectivity index (χ1) is 12.6. The van der Waals surface area contributed by atoms with Crippen molar-refractivity contribution in [2.24, 2.45) is 0 Å². The van der Waals surface area contributed by atoms with E-state index >= 15 is 0 Å². The molecule has 0 fully saturated rings. The zero-order chi connectivity index (χ0) is 20.0. The Kier molecular flexibility index (Phi) is 6.84. The van der Waals surface area contributed by atoms with Crippen molar-refractivity contribution in [1.29, 1.82) is 0 Å². The van der Waals surface area contributed by atoms with Crippen LogP contribution >= 0.6 is 15.9 Å². The Bertz CT molecular complexity index is 812. The maximum absolute atomic E-state index is 13.0. The average molecular weight is 446 g/mol. The lowest BCUT2D eigenvalue weighted by atomic mass is 10.0. The lowest BCUT2D eigenvalue weighted by Crippen LogP contribution is -2.31. The van der Waals surface area contributed by atoms with Gasteiger partial charge in [-0.3, -0.25) is 4.79 Å². The molecule has 1 atom stereocenters. The van der Waals surface area contributed by atoms with E-state index in [2.05, 4.69) is 21.2 Å². The van der Waals surface area contributed by atoms with Gasteiger partial charge in [-0.1, -0.05) is 46.3 Å². The number of carbonyl (C=O) groups is 2. The molecule has 0 aliphatic rings.